The van der Waals surface area contributed by atoms with Crippen molar-refractivity contribution in [1.82, 2.24) is 10.2 Å². The number of nitrogens with one attached hydrogen (secondary N) is 1. The van der Waals surface area contributed by atoms with Crippen LogP contribution >= 0.6 is 0 Å². The second kappa shape index (κ2) is 6.41. The number of likely N-dealkylation sites (tertiary alicyclic amines) is 1. The molecular weight excluding hydrogens is 171 g/mol. The van der Waals surface area contributed by atoms with Crippen molar-refractivity contribution in [1.29, 1.82) is 0 Å². The second-order valence-electron chi connectivity index (χ2n) is 4.08. The van der Waals surface area contributed by atoms with Crippen molar-refractivity contribution in [3.8, 4) is 0 Å². The van der Waals surface area contributed by atoms with Crippen LogP contribution in [0.4, 0.5) is 0 Å². The normalized spacial score (nSPS) is 26.8. The summed E-state index contributed by atoms with van der Waals surface area (Å²) in [5, 5.41) is 3.43. The fourth-order valence-corrected chi connectivity index (χ4v) is 2.46. The van der Waals surface area contributed by atoms with Crippen molar-refractivity contribution < 1.29 is 0 Å². The molecule has 2 aliphatic rings. The molecule has 2 rings (SSSR count). The molecule has 2 nitrogen and oxygen atoms in total. The van der Waals surface area contributed by atoms with E-state index in [-0.39, 0.29) is 29.6 Å². The zero-order valence-electron chi connectivity index (χ0n) is 8.89. The SMILES string of the molecule is C1CCN(C2CCNCC2)CC1.[Na]. The minimum atomic E-state index is 0. The van der Waals surface area contributed by atoms with Crippen LogP contribution in [-0.4, -0.2) is 66.7 Å². The molecule has 2 aliphatic heterocycles. The van der Waals surface area contributed by atoms with E-state index in [1.54, 1.807) is 0 Å². The Kier molecular flexibility index (Phi) is 5.92. The number of hydrogen-bond acceptors (Lipinski definition) is 2. The van der Waals surface area contributed by atoms with Gasteiger partial charge in [-0.15, -0.1) is 0 Å². The van der Waals surface area contributed by atoms with Gasteiger partial charge in [-0.2, -0.15) is 0 Å². The van der Waals surface area contributed by atoms with Gasteiger partial charge >= 0.3 is 0 Å². The second-order valence-corrected chi connectivity index (χ2v) is 4.08. The molecule has 0 atom stereocenters. The first-order chi connectivity index (χ1) is 5.97. The number of nitrogens with zero attached hydrogens (tertiary/aromatic N) is 1. The van der Waals surface area contributed by atoms with E-state index in [2.05, 4.69) is 10.2 Å². The average molecular weight is 191 g/mol. The van der Waals surface area contributed by atoms with Crippen LogP contribution in [0.5, 0.6) is 0 Å². The molecule has 0 saturated carbocycles. The minimum absolute atomic E-state index is 0. The molecule has 0 aromatic rings. The summed E-state index contributed by atoms with van der Waals surface area (Å²) in [5.74, 6) is 0. The van der Waals surface area contributed by atoms with E-state index in [1.165, 1.54) is 58.3 Å². The van der Waals surface area contributed by atoms with Crippen molar-refractivity contribution in [3.63, 3.8) is 0 Å². The van der Waals surface area contributed by atoms with E-state index < -0.39 is 0 Å². The maximum absolute atomic E-state index is 3.43. The Labute approximate surface area is 104 Å². The molecule has 3 heteroatoms. The molecule has 0 unspecified atom stereocenters. The molecule has 1 radical (unpaired) electrons. The quantitative estimate of drug-likeness (QED) is 0.618. The van der Waals surface area contributed by atoms with Gasteiger partial charge in [0.05, 0.1) is 0 Å². The first-order valence-electron chi connectivity index (χ1n) is 5.41. The molecular formula is C10H20N2Na. The summed E-state index contributed by atoms with van der Waals surface area (Å²) in [6.07, 6.45) is 7.08. The van der Waals surface area contributed by atoms with Gasteiger partial charge < -0.3 is 10.2 Å². The van der Waals surface area contributed by atoms with Crippen LogP contribution in [0.3, 0.4) is 0 Å². The Morgan fingerprint density at radius 2 is 1.54 bits per heavy atom. The van der Waals surface area contributed by atoms with Gasteiger partial charge in [-0.1, -0.05) is 6.42 Å². The molecule has 0 aliphatic carbocycles. The van der Waals surface area contributed by atoms with E-state index in [4.69, 9.17) is 0 Å². The zero-order chi connectivity index (χ0) is 8.23. The topological polar surface area (TPSA) is 15.3 Å². The van der Waals surface area contributed by atoms with Gasteiger partial charge in [0.2, 0.25) is 0 Å². The van der Waals surface area contributed by atoms with Crippen LogP contribution in [0.1, 0.15) is 32.1 Å². The molecule has 2 heterocycles. The van der Waals surface area contributed by atoms with Crippen molar-refractivity contribution in [2.45, 2.75) is 38.1 Å². The molecule has 1 N–H and O–H groups in total. The van der Waals surface area contributed by atoms with Gasteiger partial charge in [0.15, 0.2) is 0 Å². The third-order valence-corrected chi connectivity index (χ3v) is 3.22. The van der Waals surface area contributed by atoms with E-state index in [0.29, 0.717) is 0 Å². The number of rotatable bonds is 1. The summed E-state index contributed by atoms with van der Waals surface area (Å²) in [5.41, 5.74) is 0. The average Bonchev–Trinajstić information content (AvgIpc) is 2.21. The number of piperidine rings is 2. The molecule has 0 spiro atoms. The minimum Gasteiger partial charge on any atom is -0.317 e. The first-order valence-corrected chi connectivity index (χ1v) is 5.41. The summed E-state index contributed by atoms with van der Waals surface area (Å²) in [4.78, 5) is 2.71. The standard InChI is InChI=1S/C10H20N2.Na/c1-2-8-12(9-3-1)10-4-6-11-7-5-10;/h10-11H,1-9H2;. The Balaban J connectivity index is 0.000000845. The first kappa shape index (κ1) is 12.0. The zero-order valence-corrected chi connectivity index (χ0v) is 10.9. The fraction of sp³-hybridized carbons (Fsp3) is 1.00. The summed E-state index contributed by atoms with van der Waals surface area (Å²) >= 11 is 0. The van der Waals surface area contributed by atoms with Crippen LogP contribution in [-0.2, 0) is 0 Å². The molecule has 2 fully saturated rings. The van der Waals surface area contributed by atoms with Crippen molar-refractivity contribution in [2.75, 3.05) is 26.2 Å². The maximum atomic E-state index is 3.43. The molecule has 0 bridgehead atoms. The van der Waals surface area contributed by atoms with Crippen LogP contribution in [0.25, 0.3) is 0 Å². The molecule has 13 heavy (non-hydrogen) atoms. The largest absolute Gasteiger partial charge is 0.317 e. The van der Waals surface area contributed by atoms with E-state index in [1.807, 2.05) is 0 Å². The van der Waals surface area contributed by atoms with Gasteiger partial charge in [0.25, 0.3) is 0 Å². The fourth-order valence-electron chi connectivity index (χ4n) is 2.46. The Morgan fingerprint density at radius 3 is 2.15 bits per heavy atom. The van der Waals surface area contributed by atoms with E-state index >= 15 is 0 Å². The van der Waals surface area contributed by atoms with Crippen LogP contribution in [0, 0.1) is 0 Å². The summed E-state index contributed by atoms with van der Waals surface area (Å²) in [6.45, 7) is 5.21. The van der Waals surface area contributed by atoms with Gasteiger partial charge in [-0.3, -0.25) is 0 Å². The smallest absolute Gasteiger partial charge is 0.0119 e. The Hall–Kier alpha value is 0.920. The molecule has 0 amide bonds. The Bertz CT molecular complexity index is 113. The molecule has 0 aromatic carbocycles. The summed E-state index contributed by atoms with van der Waals surface area (Å²) < 4.78 is 0. The molecule has 0 aromatic heterocycles. The molecule has 71 valence electrons. The third-order valence-electron chi connectivity index (χ3n) is 3.22. The van der Waals surface area contributed by atoms with Crippen molar-refractivity contribution >= 4 is 29.6 Å². The van der Waals surface area contributed by atoms with E-state index in [0.717, 1.165) is 6.04 Å². The van der Waals surface area contributed by atoms with E-state index in [9.17, 15) is 0 Å². The van der Waals surface area contributed by atoms with Crippen LogP contribution < -0.4 is 5.32 Å². The van der Waals surface area contributed by atoms with Gasteiger partial charge in [0.1, 0.15) is 0 Å². The summed E-state index contributed by atoms with van der Waals surface area (Å²) in [6, 6.07) is 0.909. The van der Waals surface area contributed by atoms with Crippen molar-refractivity contribution in [2.24, 2.45) is 0 Å². The number of hydrogen-bond donors (Lipinski definition) is 1. The maximum Gasteiger partial charge on any atom is 0.0119 e. The van der Waals surface area contributed by atoms with Crippen molar-refractivity contribution in [3.05, 3.63) is 0 Å². The van der Waals surface area contributed by atoms with Crippen LogP contribution in [0.15, 0.2) is 0 Å². The Morgan fingerprint density at radius 1 is 0.923 bits per heavy atom. The van der Waals surface area contributed by atoms with Crippen LogP contribution in [0.2, 0.25) is 0 Å². The predicted octanol–water partition coefficient (Wildman–Crippen LogP) is 0.843. The monoisotopic (exact) mass is 191 g/mol. The molecule has 2 saturated heterocycles. The van der Waals surface area contributed by atoms with Gasteiger partial charge in [-0.05, 0) is 51.9 Å². The van der Waals surface area contributed by atoms with Gasteiger partial charge in [0, 0.05) is 35.6 Å². The third kappa shape index (κ3) is 3.52. The predicted molar refractivity (Wildman–Crippen MR) is 57.1 cm³/mol. The van der Waals surface area contributed by atoms with Gasteiger partial charge in [-0.25, -0.2) is 0 Å². The summed E-state index contributed by atoms with van der Waals surface area (Å²) in [7, 11) is 0.